The van der Waals surface area contributed by atoms with Crippen molar-refractivity contribution in [2.24, 2.45) is 5.73 Å². The molecular formula is C14H19N. The van der Waals surface area contributed by atoms with Crippen LogP contribution in [0.25, 0.3) is 0 Å². The fourth-order valence-corrected chi connectivity index (χ4v) is 1.78. The lowest BCUT2D eigenvalue weighted by molar-refractivity contribution is 0.403. The highest BCUT2D eigenvalue weighted by Gasteiger charge is 2.25. The minimum absolute atomic E-state index is 0.341. The first kappa shape index (κ1) is 11.8. The zero-order valence-electron chi connectivity index (χ0n) is 9.37. The molecule has 0 heterocycles. The Hall–Kier alpha value is -1.26. The lowest BCUT2D eigenvalue weighted by Gasteiger charge is -2.28. The molecule has 1 atom stereocenters. The van der Waals surface area contributed by atoms with Gasteiger partial charge in [-0.15, -0.1) is 12.3 Å². The van der Waals surface area contributed by atoms with Crippen molar-refractivity contribution in [2.75, 3.05) is 0 Å². The molecule has 0 aliphatic rings. The molecular weight excluding hydrogens is 182 g/mol. The van der Waals surface area contributed by atoms with E-state index >= 15 is 0 Å². The quantitative estimate of drug-likeness (QED) is 0.728. The van der Waals surface area contributed by atoms with Gasteiger partial charge in [-0.1, -0.05) is 50.1 Å². The van der Waals surface area contributed by atoms with Crippen LogP contribution in [0, 0.1) is 12.3 Å². The molecule has 1 unspecified atom stereocenters. The fraction of sp³-hybridized carbons (Fsp3) is 0.429. The first-order chi connectivity index (χ1) is 7.23. The second-order valence-electron chi connectivity index (χ2n) is 4.01. The zero-order chi connectivity index (χ0) is 11.1. The van der Waals surface area contributed by atoms with Gasteiger partial charge in [-0.05, 0) is 12.0 Å². The van der Waals surface area contributed by atoms with Crippen LogP contribution in [0.5, 0.6) is 0 Å². The highest BCUT2D eigenvalue weighted by atomic mass is 14.7. The van der Waals surface area contributed by atoms with E-state index < -0.39 is 0 Å². The van der Waals surface area contributed by atoms with Crippen LogP contribution in [0.4, 0.5) is 0 Å². The molecule has 0 fully saturated rings. The molecule has 1 rings (SSSR count). The maximum absolute atomic E-state index is 6.37. The van der Waals surface area contributed by atoms with E-state index in [1.54, 1.807) is 0 Å². The summed E-state index contributed by atoms with van der Waals surface area (Å²) in [5.41, 5.74) is 7.18. The van der Waals surface area contributed by atoms with Gasteiger partial charge in [-0.3, -0.25) is 0 Å². The van der Waals surface area contributed by atoms with Gasteiger partial charge >= 0.3 is 0 Å². The van der Waals surface area contributed by atoms with Crippen molar-refractivity contribution in [1.29, 1.82) is 0 Å². The van der Waals surface area contributed by atoms with E-state index in [9.17, 15) is 0 Å². The van der Waals surface area contributed by atoms with Gasteiger partial charge < -0.3 is 5.73 Å². The summed E-state index contributed by atoms with van der Waals surface area (Å²) in [7, 11) is 0. The summed E-state index contributed by atoms with van der Waals surface area (Å²) in [5.74, 6) is 2.69. The molecule has 1 nitrogen and oxygen atoms in total. The Morgan fingerprint density at radius 1 is 1.33 bits per heavy atom. The Kier molecular flexibility index (Phi) is 4.39. The van der Waals surface area contributed by atoms with E-state index in [2.05, 4.69) is 25.0 Å². The number of hydrogen-bond acceptors (Lipinski definition) is 1. The second kappa shape index (κ2) is 5.58. The van der Waals surface area contributed by atoms with Crippen molar-refractivity contribution >= 4 is 0 Å². The van der Waals surface area contributed by atoms with Gasteiger partial charge in [-0.25, -0.2) is 0 Å². The maximum Gasteiger partial charge on any atom is 0.0520 e. The maximum atomic E-state index is 6.37. The number of nitrogens with two attached hydrogens (primary N) is 1. The van der Waals surface area contributed by atoms with Crippen molar-refractivity contribution in [3.05, 3.63) is 35.9 Å². The molecule has 1 aromatic carbocycles. The fourth-order valence-electron chi connectivity index (χ4n) is 1.78. The molecule has 0 aromatic heterocycles. The van der Waals surface area contributed by atoms with Crippen LogP contribution >= 0.6 is 0 Å². The second-order valence-corrected chi connectivity index (χ2v) is 4.01. The van der Waals surface area contributed by atoms with Gasteiger partial charge in [0.15, 0.2) is 0 Å². The molecule has 80 valence electrons. The van der Waals surface area contributed by atoms with Gasteiger partial charge in [0.25, 0.3) is 0 Å². The van der Waals surface area contributed by atoms with Crippen molar-refractivity contribution < 1.29 is 0 Å². The first-order valence-electron chi connectivity index (χ1n) is 5.51. The van der Waals surface area contributed by atoms with Crippen LogP contribution in [0.3, 0.4) is 0 Å². The normalized spacial score (nSPS) is 14.2. The van der Waals surface area contributed by atoms with Crippen molar-refractivity contribution in [3.63, 3.8) is 0 Å². The average Bonchev–Trinajstić information content (AvgIpc) is 2.28. The van der Waals surface area contributed by atoms with E-state index in [4.69, 9.17) is 12.2 Å². The van der Waals surface area contributed by atoms with Crippen LogP contribution in [0.1, 0.15) is 38.2 Å². The van der Waals surface area contributed by atoms with E-state index in [1.165, 1.54) is 0 Å². The smallest absolute Gasteiger partial charge is 0.0520 e. The van der Waals surface area contributed by atoms with Crippen molar-refractivity contribution in [2.45, 2.75) is 38.1 Å². The monoisotopic (exact) mass is 201 g/mol. The molecule has 15 heavy (non-hydrogen) atoms. The van der Waals surface area contributed by atoms with Crippen LogP contribution in [-0.4, -0.2) is 0 Å². The minimum atomic E-state index is -0.341. The van der Waals surface area contributed by atoms with Crippen LogP contribution in [0.2, 0.25) is 0 Å². The lowest BCUT2D eigenvalue weighted by Crippen LogP contribution is -2.36. The predicted octanol–water partition coefficient (Wildman–Crippen LogP) is 3.05. The molecule has 0 saturated carbocycles. The Morgan fingerprint density at radius 2 is 2.00 bits per heavy atom. The molecule has 0 radical (unpaired) electrons. The van der Waals surface area contributed by atoms with Crippen molar-refractivity contribution in [1.82, 2.24) is 0 Å². The third kappa shape index (κ3) is 3.11. The predicted molar refractivity (Wildman–Crippen MR) is 65.3 cm³/mol. The molecule has 1 aromatic rings. The van der Waals surface area contributed by atoms with Crippen LogP contribution < -0.4 is 5.73 Å². The highest BCUT2D eigenvalue weighted by molar-refractivity contribution is 5.25. The highest BCUT2D eigenvalue weighted by Crippen LogP contribution is 2.27. The van der Waals surface area contributed by atoms with Crippen LogP contribution in [-0.2, 0) is 5.54 Å². The standard InChI is InChI=1S/C14H19N/c1-3-5-12-14(15,11-4-2)13-9-7-6-8-10-13/h2,6-10H,3,5,11-12,15H2,1H3. The number of benzene rings is 1. The molecule has 0 saturated heterocycles. The summed E-state index contributed by atoms with van der Waals surface area (Å²) < 4.78 is 0. The van der Waals surface area contributed by atoms with Gasteiger partial charge in [0.1, 0.15) is 0 Å². The summed E-state index contributed by atoms with van der Waals surface area (Å²) in [4.78, 5) is 0. The number of terminal acetylenes is 1. The molecule has 0 amide bonds. The minimum Gasteiger partial charge on any atom is -0.321 e. The van der Waals surface area contributed by atoms with E-state index in [0.717, 1.165) is 24.8 Å². The summed E-state index contributed by atoms with van der Waals surface area (Å²) in [6.45, 7) is 2.17. The largest absolute Gasteiger partial charge is 0.321 e. The van der Waals surface area contributed by atoms with Gasteiger partial charge in [0.2, 0.25) is 0 Å². The topological polar surface area (TPSA) is 26.0 Å². The van der Waals surface area contributed by atoms with E-state index in [1.807, 2.05) is 18.2 Å². The van der Waals surface area contributed by atoms with Gasteiger partial charge in [0, 0.05) is 6.42 Å². The number of unbranched alkanes of at least 4 members (excludes halogenated alkanes) is 1. The van der Waals surface area contributed by atoms with Crippen molar-refractivity contribution in [3.8, 4) is 12.3 Å². The number of rotatable bonds is 5. The van der Waals surface area contributed by atoms with Gasteiger partial charge in [-0.2, -0.15) is 0 Å². The third-order valence-corrected chi connectivity index (χ3v) is 2.74. The average molecular weight is 201 g/mol. The SMILES string of the molecule is C#CCC(N)(CCCC)c1ccccc1. The third-order valence-electron chi connectivity index (χ3n) is 2.74. The van der Waals surface area contributed by atoms with E-state index in [-0.39, 0.29) is 5.54 Å². The summed E-state index contributed by atoms with van der Waals surface area (Å²) in [5, 5.41) is 0. The Balaban J connectivity index is 2.86. The lowest BCUT2D eigenvalue weighted by atomic mass is 9.83. The summed E-state index contributed by atoms with van der Waals surface area (Å²) in [6, 6.07) is 10.2. The number of hydrogen-bond donors (Lipinski definition) is 1. The zero-order valence-corrected chi connectivity index (χ0v) is 9.37. The Labute approximate surface area is 92.7 Å². The molecule has 0 aliphatic heterocycles. The first-order valence-corrected chi connectivity index (χ1v) is 5.51. The van der Waals surface area contributed by atoms with Crippen LogP contribution in [0.15, 0.2) is 30.3 Å². The summed E-state index contributed by atoms with van der Waals surface area (Å²) >= 11 is 0. The Bertz CT molecular complexity index is 323. The molecule has 0 bridgehead atoms. The molecule has 0 aliphatic carbocycles. The molecule has 1 heteroatoms. The van der Waals surface area contributed by atoms with E-state index in [0.29, 0.717) is 6.42 Å². The molecule has 0 spiro atoms. The molecule has 2 N–H and O–H groups in total. The van der Waals surface area contributed by atoms with Gasteiger partial charge in [0.05, 0.1) is 5.54 Å². The Morgan fingerprint density at radius 3 is 2.53 bits per heavy atom. The summed E-state index contributed by atoms with van der Waals surface area (Å²) in [6.07, 6.45) is 9.23.